The smallest absolute Gasteiger partial charge is 0.267 e. The van der Waals surface area contributed by atoms with Crippen LogP contribution in [-0.2, 0) is 10.0 Å². The van der Waals surface area contributed by atoms with Crippen molar-refractivity contribution in [2.45, 2.75) is 11.8 Å². The van der Waals surface area contributed by atoms with Crippen molar-refractivity contribution in [3.05, 3.63) is 63.7 Å². The SMILES string of the molecule is CCN(c1ccc(Cl)cc1)S(=O)(=O)c1cccc([N+](=O)[O-])c1. The number of nitrogens with zero attached hydrogens (tertiary/aromatic N) is 2. The first-order chi connectivity index (χ1) is 10.4. The number of benzene rings is 2. The Labute approximate surface area is 133 Å². The van der Waals surface area contributed by atoms with Crippen LogP contribution in [0.25, 0.3) is 0 Å². The fraction of sp³-hybridized carbons (Fsp3) is 0.143. The lowest BCUT2D eigenvalue weighted by Gasteiger charge is -2.22. The number of nitro groups is 1. The predicted molar refractivity (Wildman–Crippen MR) is 84.8 cm³/mol. The highest BCUT2D eigenvalue weighted by atomic mass is 35.5. The highest BCUT2D eigenvalue weighted by molar-refractivity contribution is 7.92. The van der Waals surface area contributed by atoms with Crippen molar-refractivity contribution < 1.29 is 13.3 Å². The molecule has 0 aliphatic rings. The van der Waals surface area contributed by atoms with Crippen molar-refractivity contribution >= 4 is 33.0 Å². The zero-order chi connectivity index (χ0) is 16.3. The first-order valence-corrected chi connectivity index (χ1v) is 8.21. The zero-order valence-electron chi connectivity index (χ0n) is 11.6. The minimum atomic E-state index is -3.89. The van der Waals surface area contributed by atoms with Crippen molar-refractivity contribution in [2.75, 3.05) is 10.8 Å². The number of rotatable bonds is 5. The van der Waals surface area contributed by atoms with E-state index in [1.165, 1.54) is 22.5 Å². The summed E-state index contributed by atoms with van der Waals surface area (Å²) in [5, 5.41) is 11.3. The average Bonchev–Trinajstić information content (AvgIpc) is 2.50. The molecule has 2 aromatic rings. The van der Waals surface area contributed by atoms with Gasteiger partial charge in [-0.2, -0.15) is 0 Å². The molecule has 2 aromatic carbocycles. The van der Waals surface area contributed by atoms with Crippen LogP contribution in [-0.4, -0.2) is 19.9 Å². The van der Waals surface area contributed by atoms with Crippen LogP contribution in [0.2, 0.25) is 5.02 Å². The molecule has 8 heteroatoms. The van der Waals surface area contributed by atoms with E-state index in [0.29, 0.717) is 10.7 Å². The lowest BCUT2D eigenvalue weighted by atomic mass is 10.3. The fourth-order valence-corrected chi connectivity index (χ4v) is 3.62. The molecule has 0 amide bonds. The summed E-state index contributed by atoms with van der Waals surface area (Å²) in [7, 11) is -3.89. The van der Waals surface area contributed by atoms with Gasteiger partial charge in [0.1, 0.15) is 0 Å². The van der Waals surface area contributed by atoms with Crippen molar-refractivity contribution in [3.8, 4) is 0 Å². The second-order valence-electron chi connectivity index (χ2n) is 4.40. The second-order valence-corrected chi connectivity index (χ2v) is 6.70. The number of nitro benzene ring substituents is 1. The summed E-state index contributed by atoms with van der Waals surface area (Å²) in [5.74, 6) is 0. The third-order valence-electron chi connectivity index (χ3n) is 3.02. The Morgan fingerprint density at radius 3 is 2.36 bits per heavy atom. The Hall–Kier alpha value is -2.12. The molecule has 0 aliphatic carbocycles. The van der Waals surface area contributed by atoms with Gasteiger partial charge in [0.15, 0.2) is 0 Å². The Morgan fingerprint density at radius 1 is 1.18 bits per heavy atom. The van der Waals surface area contributed by atoms with Crippen LogP contribution < -0.4 is 4.31 Å². The molecule has 0 aromatic heterocycles. The van der Waals surface area contributed by atoms with Gasteiger partial charge in [-0.05, 0) is 37.3 Å². The van der Waals surface area contributed by atoms with Crippen molar-refractivity contribution in [1.82, 2.24) is 0 Å². The molecule has 0 atom stereocenters. The van der Waals surface area contributed by atoms with Gasteiger partial charge in [-0.3, -0.25) is 14.4 Å². The lowest BCUT2D eigenvalue weighted by Crippen LogP contribution is -2.30. The van der Waals surface area contributed by atoms with Crippen LogP contribution in [0.4, 0.5) is 11.4 Å². The molecular weight excluding hydrogens is 328 g/mol. The second kappa shape index (κ2) is 6.33. The molecule has 6 nitrogen and oxygen atoms in total. The third-order valence-corrected chi connectivity index (χ3v) is 5.17. The number of sulfonamides is 1. The quantitative estimate of drug-likeness (QED) is 0.616. The van der Waals surface area contributed by atoms with E-state index in [0.717, 1.165) is 6.07 Å². The van der Waals surface area contributed by atoms with Crippen LogP contribution in [0.1, 0.15) is 6.92 Å². The predicted octanol–water partition coefficient (Wildman–Crippen LogP) is 3.46. The van der Waals surface area contributed by atoms with Gasteiger partial charge < -0.3 is 0 Å². The van der Waals surface area contributed by atoms with Gasteiger partial charge in [0.05, 0.1) is 15.5 Å². The molecule has 0 radical (unpaired) electrons. The molecule has 0 unspecified atom stereocenters. The summed E-state index contributed by atoms with van der Waals surface area (Å²) in [6.07, 6.45) is 0. The monoisotopic (exact) mass is 340 g/mol. The fourth-order valence-electron chi connectivity index (χ4n) is 1.98. The summed E-state index contributed by atoms with van der Waals surface area (Å²) in [6.45, 7) is 1.87. The topological polar surface area (TPSA) is 80.5 Å². The molecule has 0 spiro atoms. The van der Waals surface area contributed by atoms with E-state index < -0.39 is 14.9 Å². The van der Waals surface area contributed by atoms with E-state index in [1.54, 1.807) is 31.2 Å². The van der Waals surface area contributed by atoms with Crippen LogP contribution in [0, 0.1) is 10.1 Å². The van der Waals surface area contributed by atoms with Crippen LogP contribution >= 0.6 is 11.6 Å². The van der Waals surface area contributed by atoms with Crippen molar-refractivity contribution in [2.24, 2.45) is 0 Å². The Bertz CT molecular complexity index is 791. The third kappa shape index (κ3) is 3.20. The number of hydrogen-bond donors (Lipinski definition) is 0. The normalized spacial score (nSPS) is 11.2. The number of anilines is 1. The number of hydrogen-bond acceptors (Lipinski definition) is 4. The summed E-state index contributed by atoms with van der Waals surface area (Å²) in [4.78, 5) is 10.1. The molecule has 22 heavy (non-hydrogen) atoms. The molecule has 0 saturated heterocycles. The summed E-state index contributed by atoms with van der Waals surface area (Å²) >= 11 is 5.80. The average molecular weight is 341 g/mol. The van der Waals surface area contributed by atoms with E-state index in [4.69, 9.17) is 11.6 Å². The van der Waals surface area contributed by atoms with Gasteiger partial charge in [0.25, 0.3) is 15.7 Å². The number of non-ortho nitro benzene ring substituents is 1. The molecular formula is C14H13ClN2O4S. The highest BCUT2D eigenvalue weighted by Crippen LogP contribution is 2.26. The first-order valence-electron chi connectivity index (χ1n) is 6.39. The number of halogens is 1. The lowest BCUT2D eigenvalue weighted by molar-refractivity contribution is -0.385. The van der Waals surface area contributed by atoms with E-state index in [1.807, 2.05) is 0 Å². The van der Waals surface area contributed by atoms with E-state index >= 15 is 0 Å². The van der Waals surface area contributed by atoms with Crippen LogP contribution in [0.3, 0.4) is 0 Å². The van der Waals surface area contributed by atoms with E-state index in [-0.39, 0.29) is 17.1 Å². The highest BCUT2D eigenvalue weighted by Gasteiger charge is 2.25. The molecule has 0 N–H and O–H groups in total. The first kappa shape index (κ1) is 16.3. The molecule has 0 heterocycles. The maximum atomic E-state index is 12.7. The minimum absolute atomic E-state index is 0.126. The van der Waals surface area contributed by atoms with Crippen molar-refractivity contribution in [3.63, 3.8) is 0 Å². The molecule has 0 aliphatic heterocycles. The van der Waals surface area contributed by atoms with Crippen molar-refractivity contribution in [1.29, 1.82) is 0 Å². The largest absolute Gasteiger partial charge is 0.270 e. The standard InChI is InChI=1S/C14H13ClN2O4S/c1-2-16(12-8-6-11(15)7-9-12)22(20,21)14-5-3-4-13(10-14)17(18)19/h3-10H,2H2,1H3. The van der Waals surface area contributed by atoms with E-state index in [9.17, 15) is 18.5 Å². The summed E-state index contributed by atoms with van der Waals surface area (Å²) < 4.78 is 26.6. The molecule has 0 fully saturated rings. The minimum Gasteiger partial charge on any atom is -0.267 e. The molecule has 2 rings (SSSR count). The summed E-state index contributed by atoms with van der Waals surface area (Å²) in [5.41, 5.74) is 0.173. The van der Waals surface area contributed by atoms with Gasteiger partial charge in [-0.25, -0.2) is 8.42 Å². The van der Waals surface area contributed by atoms with Gasteiger partial charge in [-0.1, -0.05) is 17.7 Å². The Kier molecular flexibility index (Phi) is 4.68. The van der Waals surface area contributed by atoms with Gasteiger partial charge in [-0.15, -0.1) is 0 Å². The Morgan fingerprint density at radius 2 is 1.82 bits per heavy atom. The molecule has 0 saturated carbocycles. The van der Waals surface area contributed by atoms with Crippen LogP contribution in [0.15, 0.2) is 53.4 Å². The Balaban J connectivity index is 2.49. The maximum absolute atomic E-state index is 12.7. The summed E-state index contributed by atoms with van der Waals surface area (Å²) in [6, 6.07) is 11.3. The van der Waals surface area contributed by atoms with Gasteiger partial charge >= 0.3 is 0 Å². The maximum Gasteiger partial charge on any atom is 0.270 e. The van der Waals surface area contributed by atoms with Gasteiger partial charge in [0.2, 0.25) is 0 Å². The molecule has 116 valence electrons. The van der Waals surface area contributed by atoms with E-state index in [2.05, 4.69) is 0 Å². The molecule has 0 bridgehead atoms. The van der Waals surface area contributed by atoms with Gasteiger partial charge in [0, 0.05) is 23.7 Å². The van der Waals surface area contributed by atoms with Crippen LogP contribution in [0.5, 0.6) is 0 Å². The zero-order valence-corrected chi connectivity index (χ0v) is 13.2.